The van der Waals surface area contributed by atoms with Crippen LogP contribution in [-0.4, -0.2) is 78.9 Å². The second kappa shape index (κ2) is 15.8. The molecule has 2 heterocycles. The molecule has 12 nitrogen and oxygen atoms in total. The van der Waals surface area contributed by atoms with Crippen LogP contribution in [0, 0.1) is 23.6 Å². The Morgan fingerprint density at radius 1 is 0.917 bits per heavy atom. The topological polar surface area (TPSA) is 161 Å². The molecule has 0 bridgehead atoms. The molecule has 1 aromatic heterocycles. The number of rotatable bonds is 11. The number of carboxylic acid groups (broad SMARTS) is 1. The summed E-state index contributed by atoms with van der Waals surface area (Å²) in [6.45, 7) is 8.18. The molecule has 1 atom stereocenters. The third-order valence-electron chi connectivity index (χ3n) is 7.51. The number of piperazine rings is 1. The number of amides is 2. The number of anilines is 1. The van der Waals surface area contributed by atoms with Crippen LogP contribution in [0.15, 0.2) is 60.8 Å². The van der Waals surface area contributed by atoms with E-state index in [4.69, 9.17) is 0 Å². The quantitative estimate of drug-likeness (QED) is 0.225. The first-order valence-electron chi connectivity index (χ1n) is 15.4. The van der Waals surface area contributed by atoms with Crippen LogP contribution in [0.1, 0.15) is 65.2 Å². The molecule has 1 saturated heterocycles. The molecular formula is C34H39FN6O6S. The minimum absolute atomic E-state index is 0.0385. The van der Waals surface area contributed by atoms with Crippen molar-refractivity contribution in [3.05, 3.63) is 94.6 Å². The Balaban J connectivity index is 1.31. The molecule has 2 aromatic carbocycles. The lowest BCUT2D eigenvalue weighted by Gasteiger charge is -2.36. The lowest BCUT2D eigenvalue weighted by atomic mass is 10.1. The van der Waals surface area contributed by atoms with E-state index < -0.39 is 45.8 Å². The van der Waals surface area contributed by atoms with Crippen LogP contribution in [-0.2, 0) is 21.5 Å². The van der Waals surface area contributed by atoms with Gasteiger partial charge in [-0.05, 0) is 73.9 Å². The monoisotopic (exact) mass is 678 g/mol. The lowest BCUT2D eigenvalue weighted by molar-refractivity contribution is -0.140. The van der Waals surface area contributed by atoms with E-state index in [9.17, 15) is 32.3 Å². The summed E-state index contributed by atoms with van der Waals surface area (Å²) < 4.78 is 43.6. The fourth-order valence-electron chi connectivity index (χ4n) is 4.89. The summed E-state index contributed by atoms with van der Waals surface area (Å²) in [7, 11) is -3.95. The summed E-state index contributed by atoms with van der Waals surface area (Å²) in [4.78, 5) is 42.5. The Kier molecular flexibility index (Phi) is 11.9. The highest BCUT2D eigenvalue weighted by molar-refractivity contribution is 7.87. The number of aliphatic carboxylic acids is 1. The Hall–Kier alpha value is -4.84. The van der Waals surface area contributed by atoms with Crippen molar-refractivity contribution in [1.29, 1.82) is 0 Å². The zero-order valence-corrected chi connectivity index (χ0v) is 28.0. The van der Waals surface area contributed by atoms with E-state index in [0.717, 1.165) is 11.3 Å². The van der Waals surface area contributed by atoms with E-state index in [1.54, 1.807) is 45.9 Å². The van der Waals surface area contributed by atoms with Crippen LogP contribution < -0.4 is 20.3 Å². The van der Waals surface area contributed by atoms with Gasteiger partial charge in [-0.25, -0.2) is 4.39 Å². The van der Waals surface area contributed by atoms with Crippen molar-refractivity contribution in [1.82, 2.24) is 24.6 Å². The van der Waals surface area contributed by atoms with Gasteiger partial charge in [-0.15, -0.1) is 0 Å². The molecule has 3 aromatic rings. The summed E-state index contributed by atoms with van der Waals surface area (Å²) in [6.07, 6.45) is 1.48. The number of aromatic nitrogens is 1. The Labute approximate surface area is 279 Å². The summed E-state index contributed by atoms with van der Waals surface area (Å²) in [5.74, 6) is 2.83. The fraction of sp³-hybridized carbons (Fsp3) is 0.353. The van der Waals surface area contributed by atoms with Gasteiger partial charge in [0.05, 0.1) is 5.56 Å². The summed E-state index contributed by atoms with van der Waals surface area (Å²) >= 11 is 0. The number of benzene rings is 2. The fourth-order valence-corrected chi connectivity index (χ4v) is 6.38. The van der Waals surface area contributed by atoms with Gasteiger partial charge in [0.1, 0.15) is 17.6 Å². The zero-order valence-electron chi connectivity index (χ0n) is 27.2. The number of pyridine rings is 1. The van der Waals surface area contributed by atoms with Gasteiger partial charge in [0.25, 0.3) is 22.0 Å². The third kappa shape index (κ3) is 9.60. The molecule has 1 fully saturated rings. The molecular weight excluding hydrogens is 639 g/mol. The number of halogens is 1. The highest BCUT2D eigenvalue weighted by Gasteiger charge is 2.33. The van der Waals surface area contributed by atoms with Crippen molar-refractivity contribution in [2.45, 2.75) is 46.3 Å². The van der Waals surface area contributed by atoms with Crippen LogP contribution >= 0.6 is 0 Å². The third-order valence-corrected chi connectivity index (χ3v) is 9.11. The maximum atomic E-state index is 14.5. The maximum absolute atomic E-state index is 14.5. The highest BCUT2D eigenvalue weighted by atomic mass is 32.2. The Bertz CT molecular complexity index is 1810. The number of hydrogen-bond acceptors (Lipinski definition) is 7. The molecule has 0 spiro atoms. The number of carbonyl (C=O) groups excluding carboxylic acids is 2. The molecule has 0 radical (unpaired) electrons. The van der Waals surface area contributed by atoms with Gasteiger partial charge in [0.2, 0.25) is 0 Å². The van der Waals surface area contributed by atoms with E-state index in [-0.39, 0.29) is 36.9 Å². The normalized spacial score (nSPS) is 14.3. The molecule has 254 valence electrons. The van der Waals surface area contributed by atoms with E-state index in [0.29, 0.717) is 24.2 Å². The molecule has 0 unspecified atom stereocenters. The first kappa shape index (κ1) is 36.0. The highest BCUT2D eigenvalue weighted by Crippen LogP contribution is 2.19. The number of nitrogens with zero attached hydrogens (tertiary/aromatic N) is 3. The van der Waals surface area contributed by atoms with Crippen molar-refractivity contribution in [3.8, 4) is 11.8 Å². The minimum atomic E-state index is -3.95. The Morgan fingerprint density at radius 2 is 1.58 bits per heavy atom. The van der Waals surface area contributed by atoms with Gasteiger partial charge in [-0.3, -0.25) is 19.4 Å². The average molecular weight is 679 g/mol. The van der Waals surface area contributed by atoms with E-state index in [1.165, 1.54) is 22.6 Å². The van der Waals surface area contributed by atoms with Crippen molar-refractivity contribution in [3.63, 3.8) is 0 Å². The lowest BCUT2D eigenvalue weighted by Crippen LogP contribution is -2.55. The standard InChI is InChI=1S/C34H39FN6O6S/c1-22(2)31(34(44)45)39-48(46,47)41-17-15-40(16-18-41)27-10-7-24(8-11-27)5-6-25-13-14-36-30(20-25)33(43)37-21-26-9-12-28(29(35)19-26)32(42)38-23(3)4/h7-14,19-20,22-23,31,39H,15-18,21H2,1-4H3,(H,37,43)(H,38,42)(H,44,45)/t31-/m1/s1. The van der Waals surface area contributed by atoms with Gasteiger partial charge in [-0.2, -0.15) is 17.4 Å². The van der Waals surface area contributed by atoms with E-state index in [2.05, 4.69) is 32.2 Å². The maximum Gasteiger partial charge on any atom is 0.322 e. The van der Waals surface area contributed by atoms with Crippen LogP contribution in [0.4, 0.5) is 10.1 Å². The molecule has 14 heteroatoms. The van der Waals surface area contributed by atoms with Crippen LogP contribution in [0.25, 0.3) is 0 Å². The largest absolute Gasteiger partial charge is 0.480 e. The molecule has 0 aliphatic carbocycles. The Morgan fingerprint density at radius 3 is 2.19 bits per heavy atom. The van der Waals surface area contributed by atoms with Gasteiger partial charge < -0.3 is 20.6 Å². The van der Waals surface area contributed by atoms with Crippen LogP contribution in [0.2, 0.25) is 0 Å². The minimum Gasteiger partial charge on any atom is -0.480 e. The van der Waals surface area contributed by atoms with Crippen LogP contribution in [0.5, 0.6) is 0 Å². The first-order valence-corrected chi connectivity index (χ1v) is 16.9. The summed E-state index contributed by atoms with van der Waals surface area (Å²) in [5.41, 5.74) is 2.76. The smallest absolute Gasteiger partial charge is 0.322 e. The van der Waals surface area contributed by atoms with Gasteiger partial charge in [0, 0.05) is 61.8 Å². The van der Waals surface area contributed by atoms with Crippen LogP contribution in [0.3, 0.4) is 0 Å². The van der Waals surface area contributed by atoms with E-state index >= 15 is 0 Å². The molecule has 48 heavy (non-hydrogen) atoms. The number of hydrogen-bond donors (Lipinski definition) is 4. The molecule has 4 N–H and O–H groups in total. The number of nitrogens with one attached hydrogen (secondary N) is 3. The molecule has 1 aliphatic heterocycles. The van der Waals surface area contributed by atoms with Crippen molar-refractivity contribution in [2.24, 2.45) is 5.92 Å². The first-order chi connectivity index (χ1) is 22.7. The predicted octanol–water partition coefficient (Wildman–Crippen LogP) is 2.75. The summed E-state index contributed by atoms with van der Waals surface area (Å²) in [5, 5.41) is 14.7. The molecule has 1 aliphatic rings. The van der Waals surface area contributed by atoms with Gasteiger partial charge >= 0.3 is 5.97 Å². The predicted molar refractivity (Wildman–Crippen MR) is 179 cm³/mol. The molecule has 0 saturated carbocycles. The summed E-state index contributed by atoms with van der Waals surface area (Å²) in [6, 6.07) is 13.5. The zero-order chi connectivity index (χ0) is 35.0. The van der Waals surface area contributed by atoms with Crippen molar-refractivity contribution < 1.29 is 32.3 Å². The van der Waals surface area contributed by atoms with Gasteiger partial charge in [-0.1, -0.05) is 31.8 Å². The van der Waals surface area contributed by atoms with Gasteiger partial charge in [0.15, 0.2) is 0 Å². The molecule has 2 amide bonds. The van der Waals surface area contributed by atoms with E-state index in [1.807, 2.05) is 29.2 Å². The average Bonchev–Trinajstić information content (AvgIpc) is 3.05. The van der Waals surface area contributed by atoms with Crippen molar-refractivity contribution >= 4 is 33.7 Å². The SMILES string of the molecule is CC(C)NC(=O)c1ccc(CNC(=O)c2cc(C#Cc3ccc(N4CCN(S(=O)(=O)N[C@@H](C(=O)O)C(C)C)CC4)cc3)ccn2)cc1F. The second-order valence-electron chi connectivity index (χ2n) is 11.9. The van der Waals surface area contributed by atoms with Crippen molar-refractivity contribution in [2.75, 3.05) is 31.1 Å². The number of carboxylic acids is 1. The number of carbonyl (C=O) groups is 3. The molecule has 4 rings (SSSR count). The second-order valence-corrected chi connectivity index (χ2v) is 13.6.